The van der Waals surface area contributed by atoms with Crippen LogP contribution in [0.25, 0.3) is 0 Å². The fraction of sp³-hybridized carbons (Fsp3) is 0.222. The highest BCUT2D eigenvalue weighted by atomic mass is 127. The Kier molecular flexibility index (Phi) is 5.46. The molecule has 0 spiro atoms. The maximum Gasteiger partial charge on any atom is 0.414 e. The van der Waals surface area contributed by atoms with Crippen LogP contribution in [0.3, 0.4) is 0 Å². The van der Waals surface area contributed by atoms with Crippen LogP contribution in [0.1, 0.15) is 10.4 Å². The highest BCUT2D eigenvalue weighted by Gasteiger charge is 2.28. The molecule has 0 atom stereocenters. The number of aromatic hydroxyl groups is 1. The fourth-order valence-corrected chi connectivity index (χ4v) is 2.82. The third-order valence-corrected chi connectivity index (χ3v) is 3.12. The maximum atomic E-state index is 11.8. The second kappa shape index (κ2) is 6.23. The topological polar surface area (TPSA) is 58.6 Å². The van der Waals surface area contributed by atoms with Crippen LogP contribution < -0.4 is 5.48 Å². The average Bonchev–Trinajstić information content (AvgIpc) is 2.21. The van der Waals surface area contributed by atoms with E-state index in [1.165, 1.54) is 6.07 Å². The molecule has 4 nitrogen and oxygen atoms in total. The van der Waals surface area contributed by atoms with Crippen LogP contribution in [0, 0.1) is 7.14 Å². The first-order valence-electron chi connectivity index (χ1n) is 4.37. The molecule has 0 radical (unpaired) electrons. The first-order chi connectivity index (χ1) is 8.20. The maximum absolute atomic E-state index is 11.8. The van der Waals surface area contributed by atoms with Gasteiger partial charge in [0.15, 0.2) is 6.61 Å². The van der Waals surface area contributed by atoms with Gasteiger partial charge in [-0.05, 0) is 57.3 Å². The average molecular weight is 487 g/mol. The summed E-state index contributed by atoms with van der Waals surface area (Å²) in [6.07, 6.45) is -4.53. The highest BCUT2D eigenvalue weighted by molar-refractivity contribution is 14.1. The number of rotatable bonds is 3. The van der Waals surface area contributed by atoms with Gasteiger partial charge < -0.3 is 5.11 Å². The Morgan fingerprint density at radius 3 is 2.56 bits per heavy atom. The molecule has 0 fully saturated rings. The zero-order chi connectivity index (χ0) is 13.9. The van der Waals surface area contributed by atoms with Crippen LogP contribution in [0.5, 0.6) is 5.75 Å². The molecule has 18 heavy (non-hydrogen) atoms. The standard InChI is InChI=1S/C9H6F3I2NO3/c10-9(11,12)3-18-15-8(17)5-1-4(13)2-6(14)7(5)16/h1-2,16H,3H2,(H,15,17). The summed E-state index contributed by atoms with van der Waals surface area (Å²) in [6, 6.07) is 2.95. The van der Waals surface area contributed by atoms with E-state index >= 15 is 0 Å². The van der Waals surface area contributed by atoms with Gasteiger partial charge in [-0.15, -0.1) is 0 Å². The summed E-state index contributed by atoms with van der Waals surface area (Å²) in [4.78, 5) is 15.5. The second-order valence-electron chi connectivity index (χ2n) is 3.12. The number of carbonyl (C=O) groups is 1. The second-order valence-corrected chi connectivity index (χ2v) is 5.53. The minimum Gasteiger partial charge on any atom is -0.506 e. The molecule has 0 aromatic heterocycles. The quantitative estimate of drug-likeness (QED) is 0.510. The van der Waals surface area contributed by atoms with E-state index in [-0.39, 0.29) is 11.3 Å². The molecule has 1 aromatic carbocycles. The van der Waals surface area contributed by atoms with Crippen molar-refractivity contribution in [1.82, 2.24) is 5.48 Å². The van der Waals surface area contributed by atoms with Gasteiger partial charge in [-0.3, -0.25) is 9.63 Å². The van der Waals surface area contributed by atoms with Crippen LogP contribution in [0.4, 0.5) is 13.2 Å². The molecular formula is C9H6F3I2NO3. The number of phenols is 1. The number of amides is 1. The summed E-state index contributed by atoms with van der Waals surface area (Å²) in [5, 5.41) is 9.60. The molecule has 0 aliphatic rings. The summed E-state index contributed by atoms with van der Waals surface area (Å²) in [5.41, 5.74) is 1.48. The number of carbonyl (C=O) groups excluding carboxylic acids is 1. The summed E-state index contributed by atoms with van der Waals surface area (Å²) < 4.78 is 36.4. The van der Waals surface area contributed by atoms with Gasteiger partial charge in [0.05, 0.1) is 9.13 Å². The third kappa shape index (κ3) is 4.76. The van der Waals surface area contributed by atoms with Gasteiger partial charge >= 0.3 is 6.18 Å². The van der Waals surface area contributed by atoms with E-state index in [0.29, 0.717) is 7.14 Å². The van der Waals surface area contributed by atoms with Gasteiger partial charge in [0.1, 0.15) is 5.75 Å². The van der Waals surface area contributed by atoms with Crippen LogP contribution >= 0.6 is 45.2 Å². The molecule has 9 heteroatoms. The molecule has 0 heterocycles. The van der Waals surface area contributed by atoms with Gasteiger partial charge in [-0.25, -0.2) is 5.48 Å². The lowest BCUT2D eigenvalue weighted by Crippen LogP contribution is -2.29. The largest absolute Gasteiger partial charge is 0.506 e. The first kappa shape index (κ1) is 15.8. The number of phenolic OH excluding ortho intramolecular Hbond substituents is 1. The zero-order valence-electron chi connectivity index (χ0n) is 8.52. The molecule has 1 rings (SSSR count). The molecule has 0 saturated carbocycles. The highest BCUT2D eigenvalue weighted by Crippen LogP contribution is 2.26. The zero-order valence-corrected chi connectivity index (χ0v) is 12.8. The molecule has 0 saturated heterocycles. The van der Waals surface area contributed by atoms with Gasteiger partial charge in [0, 0.05) is 3.57 Å². The number of alkyl halides is 3. The lowest BCUT2D eigenvalue weighted by atomic mass is 10.2. The Balaban J connectivity index is 2.73. The van der Waals surface area contributed by atoms with Crippen molar-refractivity contribution in [3.63, 3.8) is 0 Å². The summed E-state index contributed by atoms with van der Waals surface area (Å²) in [7, 11) is 0. The van der Waals surface area contributed by atoms with Crippen molar-refractivity contribution in [2.45, 2.75) is 6.18 Å². The van der Waals surface area contributed by atoms with E-state index < -0.39 is 18.7 Å². The molecular weight excluding hydrogens is 481 g/mol. The number of benzene rings is 1. The Hall–Kier alpha value is -0.300. The van der Waals surface area contributed by atoms with E-state index in [1.54, 1.807) is 34.1 Å². The molecule has 1 amide bonds. The van der Waals surface area contributed by atoms with Crippen molar-refractivity contribution < 1.29 is 27.9 Å². The molecule has 2 N–H and O–H groups in total. The van der Waals surface area contributed by atoms with Crippen molar-refractivity contribution in [2.75, 3.05) is 6.61 Å². The molecule has 0 aliphatic carbocycles. The Morgan fingerprint density at radius 2 is 2.00 bits per heavy atom. The lowest BCUT2D eigenvalue weighted by molar-refractivity contribution is -0.184. The van der Waals surface area contributed by atoms with Crippen molar-refractivity contribution in [2.24, 2.45) is 0 Å². The molecule has 0 bridgehead atoms. The van der Waals surface area contributed by atoms with Gasteiger partial charge in [-0.2, -0.15) is 13.2 Å². The third-order valence-electron chi connectivity index (χ3n) is 1.67. The summed E-state index contributed by atoms with van der Waals surface area (Å²) in [5.74, 6) is -1.24. The summed E-state index contributed by atoms with van der Waals surface area (Å²) >= 11 is 3.72. The molecule has 0 unspecified atom stereocenters. The van der Waals surface area contributed by atoms with Crippen molar-refractivity contribution in [1.29, 1.82) is 0 Å². The Bertz CT molecular complexity index is 465. The normalized spacial score (nSPS) is 11.4. The van der Waals surface area contributed by atoms with Gasteiger partial charge in [0.25, 0.3) is 5.91 Å². The SMILES string of the molecule is O=C(NOCC(F)(F)F)c1cc(I)cc(I)c1O. The van der Waals surface area contributed by atoms with E-state index in [1.807, 2.05) is 22.6 Å². The minimum absolute atomic E-state index is 0.145. The van der Waals surface area contributed by atoms with Crippen LogP contribution in [-0.2, 0) is 4.84 Å². The predicted octanol–water partition coefficient (Wildman–Crippen LogP) is 2.83. The number of hydrogen-bond donors (Lipinski definition) is 2. The van der Waals surface area contributed by atoms with Gasteiger partial charge in [-0.1, -0.05) is 0 Å². The van der Waals surface area contributed by atoms with Gasteiger partial charge in [0.2, 0.25) is 0 Å². The molecule has 100 valence electrons. The lowest BCUT2D eigenvalue weighted by Gasteiger charge is -2.10. The smallest absolute Gasteiger partial charge is 0.414 e. The number of nitrogens with one attached hydrogen (secondary N) is 1. The Morgan fingerprint density at radius 1 is 1.39 bits per heavy atom. The molecule has 1 aromatic rings. The van der Waals surface area contributed by atoms with E-state index in [2.05, 4.69) is 4.84 Å². The minimum atomic E-state index is -4.53. The first-order valence-corrected chi connectivity index (χ1v) is 6.53. The van der Waals surface area contributed by atoms with Crippen LogP contribution in [0.15, 0.2) is 12.1 Å². The van der Waals surface area contributed by atoms with Crippen molar-refractivity contribution in [3.05, 3.63) is 24.8 Å². The summed E-state index contributed by atoms with van der Waals surface area (Å²) in [6.45, 7) is -1.60. The monoisotopic (exact) mass is 487 g/mol. The van der Waals surface area contributed by atoms with E-state index in [0.717, 1.165) is 0 Å². The van der Waals surface area contributed by atoms with Crippen LogP contribution in [-0.4, -0.2) is 23.8 Å². The predicted molar refractivity (Wildman–Crippen MR) is 73.0 cm³/mol. The fourth-order valence-electron chi connectivity index (χ4n) is 0.978. The number of hydrogen-bond acceptors (Lipinski definition) is 3. The van der Waals surface area contributed by atoms with Crippen LogP contribution in [0.2, 0.25) is 0 Å². The van der Waals surface area contributed by atoms with E-state index in [9.17, 15) is 23.1 Å². The number of halogens is 5. The Labute approximate surface area is 127 Å². The van der Waals surface area contributed by atoms with Crippen molar-refractivity contribution >= 4 is 51.1 Å². The van der Waals surface area contributed by atoms with E-state index in [4.69, 9.17) is 0 Å². The molecule has 0 aliphatic heterocycles. The van der Waals surface area contributed by atoms with Crippen molar-refractivity contribution in [3.8, 4) is 5.75 Å². The number of hydroxylamine groups is 1.